The molecule has 1 aliphatic rings. The molecule has 0 unspecified atom stereocenters. The highest BCUT2D eigenvalue weighted by atomic mass is 16.6. The van der Waals surface area contributed by atoms with Gasteiger partial charge in [0.05, 0.1) is 31.6 Å². The van der Waals surface area contributed by atoms with Crippen LogP contribution in [-0.2, 0) is 23.8 Å². The lowest BCUT2D eigenvalue weighted by molar-refractivity contribution is -0.150. The summed E-state index contributed by atoms with van der Waals surface area (Å²) in [7, 11) is 1.21. The molecule has 2 rings (SSSR count). The number of methoxy groups -OCH3 is 1. The third-order valence-electron chi connectivity index (χ3n) is 4.37. The molecule has 0 saturated carbocycles. The van der Waals surface area contributed by atoms with Gasteiger partial charge in [-0.3, -0.25) is 4.90 Å². The number of ether oxygens (including phenoxy) is 3. The molecule has 7 nitrogen and oxygen atoms in total. The van der Waals surface area contributed by atoms with Crippen LogP contribution in [0, 0.1) is 0 Å². The average molecular weight is 361 g/mol. The van der Waals surface area contributed by atoms with Gasteiger partial charge in [0.25, 0.3) is 0 Å². The van der Waals surface area contributed by atoms with Crippen LogP contribution >= 0.6 is 0 Å². The molecule has 0 fully saturated rings. The summed E-state index contributed by atoms with van der Waals surface area (Å²) in [6.07, 6.45) is -0.776. The lowest BCUT2D eigenvalue weighted by Gasteiger charge is -2.43. The zero-order valence-corrected chi connectivity index (χ0v) is 15.6. The zero-order valence-electron chi connectivity index (χ0n) is 15.6. The van der Waals surface area contributed by atoms with E-state index < -0.39 is 23.6 Å². The number of hydrogen-bond acceptors (Lipinski definition) is 6. The van der Waals surface area contributed by atoms with Crippen molar-refractivity contribution >= 4 is 29.3 Å². The number of rotatable bonds is 4. The monoisotopic (exact) mass is 361 g/mol. The smallest absolute Gasteiger partial charge is 0.415 e. The van der Waals surface area contributed by atoms with Crippen molar-refractivity contribution in [2.45, 2.75) is 33.2 Å². The summed E-state index contributed by atoms with van der Waals surface area (Å²) in [5.41, 5.74) is -0.00631. The van der Waals surface area contributed by atoms with Crippen molar-refractivity contribution in [2.24, 2.45) is 0 Å². The maximum atomic E-state index is 12.9. The van der Waals surface area contributed by atoms with E-state index in [1.165, 1.54) is 14.0 Å². The lowest BCUT2D eigenvalue weighted by Crippen LogP contribution is -2.60. The van der Waals surface area contributed by atoms with Crippen molar-refractivity contribution in [2.75, 3.05) is 25.2 Å². The molecular formula is C19H23NO6. The zero-order chi connectivity index (χ0) is 19.5. The largest absolute Gasteiger partial charge is 0.464 e. The molecule has 1 aliphatic heterocycles. The van der Waals surface area contributed by atoms with Gasteiger partial charge < -0.3 is 14.2 Å². The summed E-state index contributed by atoms with van der Waals surface area (Å²) < 4.78 is 15.3. The fourth-order valence-corrected chi connectivity index (χ4v) is 3.23. The molecule has 0 aliphatic carbocycles. The Morgan fingerprint density at radius 3 is 2.27 bits per heavy atom. The van der Waals surface area contributed by atoms with Crippen molar-refractivity contribution in [1.82, 2.24) is 0 Å². The van der Waals surface area contributed by atoms with E-state index in [1.807, 2.05) is 0 Å². The lowest BCUT2D eigenvalue weighted by atomic mass is 9.79. The molecule has 0 aromatic heterocycles. The van der Waals surface area contributed by atoms with E-state index in [4.69, 9.17) is 14.2 Å². The molecule has 0 saturated heterocycles. The minimum atomic E-state index is -1.71. The molecule has 1 aromatic rings. The van der Waals surface area contributed by atoms with Crippen LogP contribution < -0.4 is 4.90 Å². The van der Waals surface area contributed by atoms with Crippen LogP contribution in [0.3, 0.4) is 0 Å². The van der Waals surface area contributed by atoms with E-state index in [1.54, 1.807) is 45.0 Å². The van der Waals surface area contributed by atoms with Gasteiger partial charge in [-0.1, -0.05) is 18.2 Å². The van der Waals surface area contributed by atoms with Gasteiger partial charge in [-0.2, -0.15) is 0 Å². The molecule has 7 heteroatoms. The van der Waals surface area contributed by atoms with Gasteiger partial charge in [-0.15, -0.1) is 0 Å². The number of allylic oxidation sites excluding steroid dienone is 1. The molecule has 0 spiro atoms. The molecule has 1 atom stereocenters. The van der Waals surface area contributed by atoms with Gasteiger partial charge in [0.2, 0.25) is 0 Å². The standard InChI is InChI=1S/C19H23NO6/c1-6-25-16(21)15-12(3)13-10-8-9-11-14(13)20(18(23)24-5)19(15,4)17(22)26-7-2/h8-11H,6-7H2,1-5H3/t19-/m1/s1. The average Bonchev–Trinajstić information content (AvgIpc) is 2.62. The maximum Gasteiger partial charge on any atom is 0.415 e. The van der Waals surface area contributed by atoms with Crippen molar-refractivity contribution < 1.29 is 28.6 Å². The van der Waals surface area contributed by atoms with Crippen molar-refractivity contribution in [3.8, 4) is 0 Å². The first-order valence-corrected chi connectivity index (χ1v) is 8.37. The predicted octanol–water partition coefficient (Wildman–Crippen LogP) is 2.93. The second kappa shape index (κ2) is 7.59. The molecule has 1 heterocycles. The first kappa shape index (κ1) is 19.5. The van der Waals surface area contributed by atoms with E-state index in [9.17, 15) is 14.4 Å². The van der Waals surface area contributed by atoms with Crippen LogP contribution in [0.1, 0.15) is 33.3 Å². The van der Waals surface area contributed by atoms with Crippen molar-refractivity contribution in [3.63, 3.8) is 0 Å². The van der Waals surface area contributed by atoms with Crippen molar-refractivity contribution in [3.05, 3.63) is 35.4 Å². The first-order chi connectivity index (χ1) is 12.3. The van der Waals surface area contributed by atoms with E-state index in [0.29, 0.717) is 16.8 Å². The number of para-hydroxylation sites is 1. The third-order valence-corrected chi connectivity index (χ3v) is 4.37. The topological polar surface area (TPSA) is 82.1 Å². The number of anilines is 1. The quantitative estimate of drug-likeness (QED) is 0.606. The number of esters is 2. The van der Waals surface area contributed by atoms with Gasteiger partial charge in [0.15, 0.2) is 5.54 Å². The minimum Gasteiger partial charge on any atom is -0.464 e. The highest BCUT2D eigenvalue weighted by Gasteiger charge is 2.55. The number of carbonyl (C=O) groups excluding carboxylic acids is 3. The summed E-state index contributed by atoms with van der Waals surface area (Å²) in [6, 6.07) is 6.98. The van der Waals surface area contributed by atoms with E-state index in [-0.39, 0.29) is 18.8 Å². The summed E-state index contributed by atoms with van der Waals surface area (Å²) in [5, 5.41) is 0. The second-order valence-electron chi connectivity index (χ2n) is 5.84. The fourth-order valence-electron chi connectivity index (χ4n) is 3.23. The number of benzene rings is 1. The molecular weight excluding hydrogens is 338 g/mol. The van der Waals surface area contributed by atoms with Crippen LogP contribution in [0.25, 0.3) is 5.57 Å². The SMILES string of the molecule is CCOC(=O)C1=C(C)c2ccccc2N(C(=O)OC)[C@@]1(C)C(=O)OCC. The number of hydrogen-bond donors (Lipinski definition) is 0. The number of nitrogens with zero attached hydrogens (tertiary/aromatic N) is 1. The molecule has 1 aromatic carbocycles. The van der Waals surface area contributed by atoms with E-state index >= 15 is 0 Å². The van der Waals surface area contributed by atoms with Gasteiger partial charge in [-0.25, -0.2) is 14.4 Å². The number of fused-ring (bicyclic) bond motifs is 1. The Hall–Kier alpha value is -2.83. The third kappa shape index (κ3) is 2.94. The first-order valence-electron chi connectivity index (χ1n) is 8.37. The Kier molecular flexibility index (Phi) is 5.69. The summed E-state index contributed by atoms with van der Waals surface area (Å²) >= 11 is 0. The molecule has 1 amide bonds. The Morgan fingerprint density at radius 2 is 1.69 bits per heavy atom. The van der Waals surface area contributed by atoms with Crippen LogP contribution in [0.15, 0.2) is 29.8 Å². The Bertz CT molecular complexity index is 769. The van der Waals surface area contributed by atoms with Crippen LogP contribution in [0.5, 0.6) is 0 Å². The Morgan fingerprint density at radius 1 is 1.08 bits per heavy atom. The normalized spacial score (nSPS) is 18.9. The van der Waals surface area contributed by atoms with E-state index in [2.05, 4.69) is 0 Å². The molecule has 26 heavy (non-hydrogen) atoms. The van der Waals surface area contributed by atoms with Gasteiger partial charge in [0, 0.05) is 5.56 Å². The van der Waals surface area contributed by atoms with Crippen LogP contribution in [-0.4, -0.2) is 43.9 Å². The van der Waals surface area contributed by atoms with E-state index in [0.717, 1.165) is 4.90 Å². The highest BCUT2D eigenvalue weighted by molar-refractivity contribution is 6.16. The van der Waals surface area contributed by atoms with Gasteiger partial charge >= 0.3 is 18.0 Å². The second-order valence-corrected chi connectivity index (χ2v) is 5.84. The van der Waals surface area contributed by atoms with Crippen LogP contribution in [0.4, 0.5) is 10.5 Å². The minimum absolute atomic E-state index is 0.0573. The molecule has 0 radical (unpaired) electrons. The summed E-state index contributed by atoms with van der Waals surface area (Å²) in [4.78, 5) is 39.4. The van der Waals surface area contributed by atoms with Gasteiger partial charge in [-0.05, 0) is 39.3 Å². The van der Waals surface area contributed by atoms with Crippen molar-refractivity contribution in [1.29, 1.82) is 0 Å². The fraction of sp³-hybridized carbons (Fsp3) is 0.421. The Balaban J connectivity index is 2.85. The summed E-state index contributed by atoms with van der Waals surface area (Å²) in [6.45, 7) is 6.74. The molecule has 140 valence electrons. The molecule has 0 bridgehead atoms. The maximum absolute atomic E-state index is 12.9. The highest BCUT2D eigenvalue weighted by Crippen LogP contribution is 2.45. The van der Waals surface area contributed by atoms with Gasteiger partial charge in [0.1, 0.15) is 0 Å². The number of carbonyl (C=O) groups is 3. The summed E-state index contributed by atoms with van der Waals surface area (Å²) in [5.74, 6) is -1.41. The van der Waals surface area contributed by atoms with Crippen LogP contribution in [0.2, 0.25) is 0 Å². The molecule has 0 N–H and O–H groups in total. The predicted molar refractivity (Wildman–Crippen MR) is 95.6 cm³/mol. The Labute approximate surface area is 152 Å². The number of amides is 1.